The quantitative estimate of drug-likeness (QED) is 0.418. The number of rotatable bonds is 4. The molecule has 11 heavy (non-hydrogen) atoms. The van der Waals surface area contributed by atoms with E-state index in [9.17, 15) is 0 Å². The summed E-state index contributed by atoms with van der Waals surface area (Å²) in [5, 5.41) is 8.07. The summed E-state index contributed by atoms with van der Waals surface area (Å²) in [4.78, 5) is 0. The summed E-state index contributed by atoms with van der Waals surface area (Å²) in [5.74, 6) is 0. The van der Waals surface area contributed by atoms with Crippen molar-refractivity contribution in [1.82, 2.24) is 0 Å². The molecule has 2 nitrogen and oxygen atoms in total. The van der Waals surface area contributed by atoms with Crippen LogP contribution in [0, 0.1) is 7.11 Å². The molecule has 0 fully saturated rings. The van der Waals surface area contributed by atoms with Crippen molar-refractivity contribution in [3.8, 4) is 0 Å². The van der Waals surface area contributed by atoms with Crippen LogP contribution < -0.4 is 0 Å². The molecule has 0 heterocycles. The van der Waals surface area contributed by atoms with Gasteiger partial charge in [0, 0.05) is 34.9 Å². The van der Waals surface area contributed by atoms with Gasteiger partial charge in [-0.3, -0.25) is 0 Å². The fraction of sp³-hybridized carbons (Fsp3) is 0.625. The van der Waals surface area contributed by atoms with Gasteiger partial charge in [-0.2, -0.15) is 0 Å². The van der Waals surface area contributed by atoms with Crippen molar-refractivity contribution in [3.05, 3.63) is 19.8 Å². The summed E-state index contributed by atoms with van der Waals surface area (Å²) in [6, 6.07) is 0. The van der Waals surface area contributed by atoms with Gasteiger partial charge in [0.15, 0.2) is 0 Å². The fourth-order valence-electron chi connectivity index (χ4n) is 0.241. The first-order valence-electron chi connectivity index (χ1n) is 3.42. The molecule has 0 aliphatic carbocycles. The van der Waals surface area contributed by atoms with Gasteiger partial charge >= 0.3 is 0 Å². The Morgan fingerprint density at radius 3 is 2.18 bits per heavy atom. The molecule has 0 atom stereocenters. The largest absolute Gasteiger partial charge is 0.552 e. The van der Waals surface area contributed by atoms with E-state index in [1.54, 1.807) is 6.08 Å². The molecule has 0 saturated heterocycles. The van der Waals surface area contributed by atoms with E-state index in [2.05, 4.69) is 25.3 Å². The van der Waals surface area contributed by atoms with Gasteiger partial charge in [0.25, 0.3) is 0 Å². The van der Waals surface area contributed by atoms with E-state index in [-0.39, 0.29) is 21.7 Å². The van der Waals surface area contributed by atoms with Crippen LogP contribution in [0.3, 0.4) is 0 Å². The summed E-state index contributed by atoms with van der Waals surface area (Å²) in [6.07, 6.45) is 3.68. The Kier molecular flexibility index (Phi) is 35.6. The first-order chi connectivity index (χ1) is 4.83. The van der Waals surface area contributed by atoms with Crippen molar-refractivity contribution in [3.63, 3.8) is 0 Å². The average Bonchev–Trinajstić information content (AvgIpc) is 1.93. The Hall–Kier alpha value is 0.374. The van der Waals surface area contributed by atoms with Gasteiger partial charge in [-0.05, 0) is 6.42 Å². The van der Waals surface area contributed by atoms with E-state index < -0.39 is 0 Å². The van der Waals surface area contributed by atoms with E-state index in [1.807, 2.05) is 0 Å². The van der Waals surface area contributed by atoms with E-state index in [4.69, 9.17) is 5.11 Å². The standard InChI is InChI=1S/C4H7O.C4H10O.Ti/c1-3-4-5-2;1-2-3-4-5;/h3H,1-2,4H2;5H,2-4H2,1H3;/q-1;;. The number of unbranched alkanes of at least 4 members (excludes halogenated alkanes) is 1. The minimum atomic E-state index is 0. The Labute approximate surface area is 84.5 Å². The average molecular weight is 193 g/mol. The first kappa shape index (κ1) is 17.5. The normalized spacial score (nSPS) is 7.18. The first-order valence-corrected chi connectivity index (χ1v) is 3.42. The molecular weight excluding hydrogens is 176 g/mol. The van der Waals surface area contributed by atoms with Crippen LogP contribution in [-0.4, -0.2) is 18.3 Å². The zero-order valence-corrected chi connectivity index (χ0v) is 8.74. The Balaban J connectivity index is -0.000000107. The van der Waals surface area contributed by atoms with Gasteiger partial charge < -0.3 is 9.84 Å². The maximum absolute atomic E-state index is 8.07. The van der Waals surface area contributed by atoms with Crippen LogP contribution >= 0.6 is 0 Å². The summed E-state index contributed by atoms with van der Waals surface area (Å²) in [5.41, 5.74) is 0. The van der Waals surface area contributed by atoms with E-state index in [1.165, 1.54) is 0 Å². The van der Waals surface area contributed by atoms with Crippen molar-refractivity contribution < 1.29 is 31.6 Å². The van der Waals surface area contributed by atoms with E-state index >= 15 is 0 Å². The van der Waals surface area contributed by atoms with Crippen LogP contribution in [0.25, 0.3) is 0 Å². The van der Waals surface area contributed by atoms with Crippen LogP contribution in [-0.2, 0) is 26.5 Å². The number of aliphatic hydroxyl groups is 1. The van der Waals surface area contributed by atoms with Crippen molar-refractivity contribution in [2.24, 2.45) is 0 Å². The maximum atomic E-state index is 8.07. The molecule has 0 unspecified atom stereocenters. The van der Waals surface area contributed by atoms with Crippen LogP contribution in [0.15, 0.2) is 12.7 Å². The van der Waals surface area contributed by atoms with Crippen LogP contribution in [0.5, 0.6) is 0 Å². The van der Waals surface area contributed by atoms with Gasteiger partial charge in [0.2, 0.25) is 0 Å². The van der Waals surface area contributed by atoms with Gasteiger partial charge in [-0.25, -0.2) is 7.11 Å². The zero-order chi connectivity index (χ0) is 8.24. The fourth-order valence-corrected chi connectivity index (χ4v) is 0.241. The SMILES string of the molecule is C=CCO[CH2-].CCCCO.[Ti]. The summed E-state index contributed by atoms with van der Waals surface area (Å²) < 4.78 is 4.32. The molecule has 0 amide bonds. The summed E-state index contributed by atoms with van der Waals surface area (Å²) in [6.45, 7) is 6.32. The molecule has 0 bridgehead atoms. The van der Waals surface area contributed by atoms with Crippen molar-refractivity contribution in [1.29, 1.82) is 0 Å². The van der Waals surface area contributed by atoms with Gasteiger partial charge in [-0.1, -0.05) is 19.4 Å². The molecule has 0 aliphatic heterocycles. The number of ether oxygens (including phenoxy) is 1. The molecule has 0 saturated carbocycles. The predicted molar refractivity (Wildman–Crippen MR) is 43.5 cm³/mol. The van der Waals surface area contributed by atoms with Crippen molar-refractivity contribution in [2.45, 2.75) is 19.8 Å². The number of hydrogen-bond acceptors (Lipinski definition) is 2. The van der Waals surface area contributed by atoms with E-state index in [0.29, 0.717) is 13.2 Å². The van der Waals surface area contributed by atoms with Crippen LogP contribution in [0.1, 0.15) is 19.8 Å². The second-order valence-corrected chi connectivity index (χ2v) is 1.74. The molecular formula is C8H17O2Ti-. The monoisotopic (exact) mass is 193 g/mol. The van der Waals surface area contributed by atoms with Crippen molar-refractivity contribution >= 4 is 0 Å². The van der Waals surface area contributed by atoms with Crippen LogP contribution in [0.4, 0.5) is 0 Å². The Morgan fingerprint density at radius 2 is 2.18 bits per heavy atom. The topological polar surface area (TPSA) is 29.5 Å². The molecule has 0 rings (SSSR count). The minimum absolute atomic E-state index is 0. The number of aliphatic hydroxyl groups excluding tert-OH is 1. The van der Waals surface area contributed by atoms with Gasteiger partial charge in [0.1, 0.15) is 0 Å². The third-order valence-corrected chi connectivity index (χ3v) is 0.747. The van der Waals surface area contributed by atoms with Crippen molar-refractivity contribution in [2.75, 3.05) is 13.2 Å². The van der Waals surface area contributed by atoms with Crippen LogP contribution in [0.2, 0.25) is 0 Å². The second kappa shape index (κ2) is 22.4. The zero-order valence-electron chi connectivity index (χ0n) is 7.18. The molecule has 0 aromatic rings. The predicted octanol–water partition coefficient (Wildman–Crippen LogP) is 1.76. The number of hydrogen-bond donors (Lipinski definition) is 1. The second-order valence-electron chi connectivity index (χ2n) is 1.74. The molecule has 66 valence electrons. The maximum Gasteiger partial charge on any atom is 0.0430 e. The molecule has 1 N–H and O–H groups in total. The van der Waals surface area contributed by atoms with Gasteiger partial charge in [-0.15, -0.1) is 6.58 Å². The van der Waals surface area contributed by atoms with E-state index in [0.717, 1.165) is 12.8 Å². The Morgan fingerprint density at radius 1 is 1.64 bits per heavy atom. The molecule has 0 aromatic heterocycles. The third kappa shape index (κ3) is 38.0. The third-order valence-electron chi connectivity index (χ3n) is 0.747. The summed E-state index contributed by atoms with van der Waals surface area (Å²) >= 11 is 0. The summed E-state index contributed by atoms with van der Waals surface area (Å²) in [7, 11) is 3.10. The minimum Gasteiger partial charge on any atom is -0.552 e. The molecule has 0 aliphatic rings. The van der Waals surface area contributed by atoms with Gasteiger partial charge in [0.05, 0.1) is 0 Å². The molecule has 0 radical (unpaired) electrons. The smallest absolute Gasteiger partial charge is 0.0430 e. The molecule has 0 aromatic carbocycles. The molecule has 3 heteroatoms. The molecule has 0 spiro atoms. The Bertz CT molecular complexity index is 56.1.